The van der Waals surface area contributed by atoms with Gasteiger partial charge < -0.3 is 10.0 Å². The second kappa shape index (κ2) is 9.15. The molecule has 0 aliphatic carbocycles. The maximum absolute atomic E-state index is 14.2. The number of aromatic nitrogens is 1. The Labute approximate surface area is 191 Å². The van der Waals surface area contributed by atoms with E-state index in [4.69, 9.17) is 10.3 Å². The van der Waals surface area contributed by atoms with E-state index in [2.05, 4.69) is 23.7 Å². The molecule has 0 radical (unpaired) electrons. The number of amides is 2. The van der Waals surface area contributed by atoms with Crippen LogP contribution in [0.5, 0.6) is 0 Å². The zero-order chi connectivity index (χ0) is 24.4. The highest BCUT2D eigenvalue weighted by Crippen LogP contribution is 2.26. The van der Waals surface area contributed by atoms with E-state index in [9.17, 15) is 22.4 Å². The molecule has 1 aromatic heterocycles. The van der Waals surface area contributed by atoms with Gasteiger partial charge in [0, 0.05) is 49.9 Å². The molecule has 0 saturated carbocycles. The molecular weight excluding hydrogens is 455 g/mol. The van der Waals surface area contributed by atoms with Gasteiger partial charge >= 0.3 is 6.03 Å². The van der Waals surface area contributed by atoms with Crippen LogP contribution in [0.3, 0.4) is 0 Å². The zero-order valence-corrected chi connectivity index (χ0v) is 19.1. The number of fused-ring (bicyclic) bond motifs is 1. The number of alkyl halides is 1. The number of hydroxylamine groups is 1. The maximum atomic E-state index is 14.2. The monoisotopic (exact) mass is 480 g/mol. The quantitative estimate of drug-likeness (QED) is 0.268. The van der Waals surface area contributed by atoms with Crippen molar-refractivity contribution in [2.45, 2.75) is 30.3 Å². The molecule has 0 spiro atoms. The normalized spacial score (nSPS) is 18.8. The fourth-order valence-corrected chi connectivity index (χ4v) is 4.53. The van der Waals surface area contributed by atoms with E-state index >= 15 is 0 Å². The van der Waals surface area contributed by atoms with Gasteiger partial charge in [0.05, 0.1) is 13.2 Å². The van der Waals surface area contributed by atoms with Gasteiger partial charge in [-0.15, -0.1) is 0 Å². The average molecular weight is 481 g/mol. The molecule has 12 heteroatoms. The number of nitrogens with zero attached hydrogens (tertiary/aromatic N) is 3. The predicted molar refractivity (Wildman–Crippen MR) is 115 cm³/mol. The van der Waals surface area contributed by atoms with Crippen molar-refractivity contribution in [3.8, 4) is 23.7 Å². The third-order valence-electron chi connectivity index (χ3n) is 5.91. The number of carbonyl (C=O) groups excluding carboxylic acids is 2. The van der Waals surface area contributed by atoms with E-state index in [-0.39, 0.29) is 39.2 Å². The average Bonchev–Trinajstić information content (AvgIpc) is 3.25. The van der Waals surface area contributed by atoms with E-state index in [1.165, 1.54) is 28.1 Å². The molecule has 2 aliphatic heterocycles. The van der Waals surface area contributed by atoms with Gasteiger partial charge in [-0.25, -0.2) is 23.1 Å². The van der Waals surface area contributed by atoms with Gasteiger partial charge in [0.1, 0.15) is 0 Å². The number of carbonyl (C=O) groups is 2. The Morgan fingerprint density at radius 2 is 2.03 bits per heavy atom. The first-order chi connectivity index (χ1) is 15.4. The first-order valence-corrected chi connectivity index (χ1v) is 12.0. The summed E-state index contributed by atoms with van der Waals surface area (Å²) in [6.07, 6.45) is 2.21. The number of β-amino-alcohol motifs (C(OH)–C–C–N with tert-alkyl or cyclic N) is 1. The molecule has 3 rings (SSSR count). The highest BCUT2D eigenvalue weighted by molar-refractivity contribution is 7.92. The summed E-state index contributed by atoms with van der Waals surface area (Å²) >= 11 is 0. The van der Waals surface area contributed by atoms with Gasteiger partial charge in [-0.2, -0.15) is 0 Å². The Hall–Kier alpha value is -2.90. The first kappa shape index (κ1) is 24.7. The van der Waals surface area contributed by atoms with E-state index in [1.54, 1.807) is 11.0 Å². The zero-order valence-electron chi connectivity index (χ0n) is 18.3. The van der Waals surface area contributed by atoms with E-state index in [0.717, 1.165) is 6.26 Å². The second-order valence-electron chi connectivity index (χ2n) is 8.39. The lowest BCUT2D eigenvalue weighted by molar-refractivity contribution is -0.131. The number of hydrogen-bond acceptors (Lipinski definition) is 7. The first-order valence-electron chi connectivity index (χ1n) is 10.1. The number of rotatable bonds is 7. The van der Waals surface area contributed by atoms with Gasteiger partial charge in [0.25, 0.3) is 5.91 Å². The highest BCUT2D eigenvalue weighted by atomic mass is 32.2. The van der Waals surface area contributed by atoms with Crippen LogP contribution in [0, 0.1) is 23.7 Å². The highest BCUT2D eigenvalue weighted by Gasteiger charge is 2.44. The summed E-state index contributed by atoms with van der Waals surface area (Å²) in [5, 5.41) is 17.7. The third-order valence-corrected chi connectivity index (χ3v) is 7.94. The molecule has 1 aromatic rings. The number of likely N-dealkylation sites (tertiary alicyclic amines) is 1. The van der Waals surface area contributed by atoms with Gasteiger partial charge in [0.15, 0.2) is 20.3 Å². The summed E-state index contributed by atoms with van der Waals surface area (Å²) in [7, 11) is -3.86. The minimum atomic E-state index is -3.86. The van der Waals surface area contributed by atoms with Crippen LogP contribution in [-0.2, 0) is 21.2 Å². The molecule has 0 bridgehead atoms. The molecule has 3 N–H and O–H groups in total. The molecule has 33 heavy (non-hydrogen) atoms. The molecule has 3 heterocycles. The molecule has 1 unspecified atom stereocenters. The van der Waals surface area contributed by atoms with Crippen molar-refractivity contribution in [1.29, 1.82) is 0 Å². The molecular formula is C21H25FN4O6S. The lowest BCUT2D eigenvalue weighted by atomic mass is 9.97. The summed E-state index contributed by atoms with van der Waals surface area (Å²) < 4.78 is 37.9. The van der Waals surface area contributed by atoms with Gasteiger partial charge in [-0.3, -0.25) is 19.5 Å². The number of aliphatic hydroxyl groups excluding tert-OH is 1. The van der Waals surface area contributed by atoms with Crippen molar-refractivity contribution in [2.24, 2.45) is 0 Å². The number of aliphatic hydroxyl groups is 1. The lowest BCUT2D eigenvalue weighted by Crippen LogP contribution is -2.58. The Morgan fingerprint density at radius 1 is 1.33 bits per heavy atom. The predicted octanol–water partition coefficient (Wildman–Crippen LogP) is -0.658. The van der Waals surface area contributed by atoms with Crippen LogP contribution in [0.15, 0.2) is 12.3 Å². The van der Waals surface area contributed by atoms with Crippen LogP contribution in [0.25, 0.3) is 0 Å². The fraction of sp³-hybridized carbons (Fsp3) is 0.524. The van der Waals surface area contributed by atoms with E-state index in [1.807, 2.05) is 0 Å². The van der Waals surface area contributed by atoms with Crippen molar-refractivity contribution in [3.63, 3.8) is 0 Å². The molecule has 2 aliphatic rings. The van der Waals surface area contributed by atoms with Crippen LogP contribution in [-0.4, -0.2) is 94.5 Å². The van der Waals surface area contributed by atoms with Crippen LogP contribution in [0.4, 0.5) is 9.18 Å². The van der Waals surface area contributed by atoms with Crippen molar-refractivity contribution in [1.82, 2.24) is 19.8 Å². The minimum Gasteiger partial charge on any atom is -0.395 e. The Morgan fingerprint density at radius 3 is 2.61 bits per heavy atom. The van der Waals surface area contributed by atoms with E-state index in [0.29, 0.717) is 17.8 Å². The Bertz CT molecular complexity index is 1180. The summed E-state index contributed by atoms with van der Waals surface area (Å²) in [4.78, 5) is 27.7. The summed E-state index contributed by atoms with van der Waals surface area (Å²) in [5.74, 6) is 9.26. The van der Waals surface area contributed by atoms with Crippen LogP contribution in [0.2, 0.25) is 0 Å². The Balaban J connectivity index is 1.61. The largest absolute Gasteiger partial charge is 0.395 e. The molecule has 0 aromatic carbocycles. The number of hydrogen-bond donors (Lipinski definition) is 3. The standard InChI is InChI=1S/C21H25FN4O6S/c1-20(18(28)23-30,33(2,31)32)7-8-25-13-17-11-16(12-26(17)19(25)29)5-3-4-6-21(22)14-24(15-21)9-10-27/h11-12,27,30H,7-10,13-15H2,1-2H3,(H,23,28). The summed E-state index contributed by atoms with van der Waals surface area (Å²) in [5.41, 5.74) is 0.904. The summed E-state index contributed by atoms with van der Waals surface area (Å²) in [6, 6.07) is 1.28. The van der Waals surface area contributed by atoms with Gasteiger partial charge in [0.2, 0.25) is 0 Å². The van der Waals surface area contributed by atoms with Crippen LogP contribution >= 0.6 is 0 Å². The van der Waals surface area contributed by atoms with E-state index < -0.39 is 32.2 Å². The molecule has 178 valence electrons. The van der Waals surface area contributed by atoms with Crippen LogP contribution in [0.1, 0.15) is 24.6 Å². The van der Waals surface area contributed by atoms with Crippen molar-refractivity contribution < 1.29 is 32.7 Å². The fourth-order valence-electron chi connectivity index (χ4n) is 3.69. The number of nitrogens with one attached hydrogen (secondary N) is 1. The maximum Gasteiger partial charge on any atom is 0.328 e. The lowest BCUT2D eigenvalue weighted by Gasteiger charge is -2.40. The van der Waals surface area contributed by atoms with Crippen LogP contribution < -0.4 is 5.48 Å². The molecule has 1 atom stereocenters. The third kappa shape index (κ3) is 5.04. The molecule has 1 fully saturated rings. The van der Waals surface area contributed by atoms with Gasteiger partial charge in [-0.05, 0) is 37.2 Å². The molecule has 10 nitrogen and oxygen atoms in total. The topological polar surface area (TPSA) is 132 Å². The smallest absolute Gasteiger partial charge is 0.328 e. The second-order valence-corrected chi connectivity index (χ2v) is 10.8. The molecule has 1 saturated heterocycles. The van der Waals surface area contributed by atoms with Crippen molar-refractivity contribution in [2.75, 3.05) is 39.0 Å². The van der Waals surface area contributed by atoms with Crippen molar-refractivity contribution >= 4 is 21.8 Å². The minimum absolute atomic E-state index is 0.0180. The van der Waals surface area contributed by atoms with Gasteiger partial charge in [-0.1, -0.05) is 5.92 Å². The molecule has 2 amide bonds. The Kier molecular flexibility index (Phi) is 6.86. The SMILES string of the molecule is CC(CCN1Cc2cc(C#CC#CC3(F)CN(CCO)C3)cn2C1=O)(C(=O)NO)S(C)(=O)=O. The summed E-state index contributed by atoms with van der Waals surface area (Å²) in [6.45, 7) is 2.00. The van der Waals surface area contributed by atoms with Crippen molar-refractivity contribution in [3.05, 3.63) is 23.5 Å². The number of sulfone groups is 1. The number of halogens is 1.